The molecule has 20 heavy (non-hydrogen) atoms. The van der Waals surface area contributed by atoms with Crippen LogP contribution in [0.25, 0.3) is 10.4 Å². The Morgan fingerprint density at radius 3 is 2.50 bits per heavy atom. The standard InChI is InChI=1S/C14H19N3O2S/c1-4-18-11-7-6-10(8-12(11)19-5-2)13-9(3)16-14(17-15)20-13/h6-8H,4-5,15H2,1-3H3,(H,16,17). The fraction of sp³-hybridized carbons (Fsp3) is 0.357. The molecule has 0 atom stereocenters. The average Bonchev–Trinajstić information content (AvgIpc) is 2.82. The van der Waals surface area contributed by atoms with E-state index >= 15 is 0 Å². The van der Waals surface area contributed by atoms with Crippen LogP contribution in [-0.4, -0.2) is 18.2 Å². The molecule has 0 aliphatic carbocycles. The van der Waals surface area contributed by atoms with Crippen molar-refractivity contribution in [1.29, 1.82) is 0 Å². The Hall–Kier alpha value is -1.79. The molecule has 1 heterocycles. The molecule has 0 fully saturated rings. The van der Waals surface area contributed by atoms with Gasteiger partial charge in [-0.3, -0.25) is 5.43 Å². The van der Waals surface area contributed by atoms with Gasteiger partial charge in [-0.25, -0.2) is 10.8 Å². The Balaban J connectivity index is 2.41. The summed E-state index contributed by atoms with van der Waals surface area (Å²) in [7, 11) is 0. The number of benzene rings is 1. The number of anilines is 1. The second-order valence-corrected chi connectivity index (χ2v) is 5.10. The molecule has 5 nitrogen and oxygen atoms in total. The second-order valence-electron chi connectivity index (χ2n) is 4.11. The Bertz CT molecular complexity index is 584. The monoisotopic (exact) mass is 293 g/mol. The van der Waals surface area contributed by atoms with E-state index in [1.807, 2.05) is 39.0 Å². The summed E-state index contributed by atoms with van der Waals surface area (Å²) in [4.78, 5) is 5.42. The summed E-state index contributed by atoms with van der Waals surface area (Å²) < 4.78 is 11.2. The lowest BCUT2D eigenvalue weighted by atomic mass is 10.1. The molecule has 0 bridgehead atoms. The molecule has 0 spiro atoms. The maximum atomic E-state index is 5.64. The predicted molar refractivity (Wildman–Crippen MR) is 82.4 cm³/mol. The zero-order valence-electron chi connectivity index (χ0n) is 11.9. The molecular formula is C14H19N3O2S. The molecule has 0 aliphatic heterocycles. The highest BCUT2D eigenvalue weighted by Crippen LogP contribution is 2.37. The van der Waals surface area contributed by atoms with E-state index in [1.165, 1.54) is 11.3 Å². The first kappa shape index (κ1) is 14.6. The van der Waals surface area contributed by atoms with E-state index in [9.17, 15) is 0 Å². The van der Waals surface area contributed by atoms with E-state index < -0.39 is 0 Å². The Kier molecular flexibility index (Phi) is 4.81. The van der Waals surface area contributed by atoms with Crippen molar-refractivity contribution in [2.75, 3.05) is 18.6 Å². The lowest BCUT2D eigenvalue weighted by molar-refractivity contribution is 0.288. The van der Waals surface area contributed by atoms with Crippen LogP contribution in [0.3, 0.4) is 0 Å². The lowest BCUT2D eigenvalue weighted by Gasteiger charge is -2.12. The third-order valence-corrected chi connectivity index (χ3v) is 3.86. The molecule has 0 unspecified atom stereocenters. The van der Waals surface area contributed by atoms with Crippen LogP contribution in [0.1, 0.15) is 19.5 Å². The zero-order valence-corrected chi connectivity index (χ0v) is 12.7. The lowest BCUT2D eigenvalue weighted by Crippen LogP contribution is -2.05. The molecule has 1 aromatic heterocycles. The van der Waals surface area contributed by atoms with Crippen LogP contribution in [-0.2, 0) is 0 Å². The molecule has 0 saturated carbocycles. The van der Waals surface area contributed by atoms with Crippen molar-refractivity contribution in [2.24, 2.45) is 5.84 Å². The first-order valence-electron chi connectivity index (χ1n) is 6.53. The molecule has 108 valence electrons. The highest BCUT2D eigenvalue weighted by atomic mass is 32.1. The number of hydrogen-bond acceptors (Lipinski definition) is 6. The topological polar surface area (TPSA) is 69.4 Å². The smallest absolute Gasteiger partial charge is 0.197 e. The van der Waals surface area contributed by atoms with Crippen LogP contribution in [0.5, 0.6) is 11.5 Å². The first-order chi connectivity index (χ1) is 9.69. The molecule has 3 N–H and O–H groups in total. The molecule has 0 saturated heterocycles. The van der Waals surface area contributed by atoms with Crippen LogP contribution in [0.4, 0.5) is 5.13 Å². The first-order valence-corrected chi connectivity index (χ1v) is 7.35. The van der Waals surface area contributed by atoms with Crippen molar-refractivity contribution in [3.63, 3.8) is 0 Å². The van der Waals surface area contributed by atoms with E-state index in [-0.39, 0.29) is 0 Å². The van der Waals surface area contributed by atoms with Gasteiger partial charge >= 0.3 is 0 Å². The number of aryl methyl sites for hydroxylation is 1. The van der Waals surface area contributed by atoms with E-state index in [4.69, 9.17) is 15.3 Å². The summed E-state index contributed by atoms with van der Waals surface area (Å²) in [6.45, 7) is 7.08. The number of ether oxygens (including phenoxy) is 2. The zero-order chi connectivity index (χ0) is 14.5. The Morgan fingerprint density at radius 2 is 1.90 bits per heavy atom. The summed E-state index contributed by atoms with van der Waals surface area (Å²) in [5.41, 5.74) is 4.57. The molecule has 2 rings (SSSR count). The number of rotatable bonds is 6. The number of nitrogens with zero attached hydrogens (tertiary/aromatic N) is 1. The normalized spacial score (nSPS) is 10.4. The van der Waals surface area contributed by atoms with E-state index in [0.29, 0.717) is 18.3 Å². The number of hydrogen-bond donors (Lipinski definition) is 2. The van der Waals surface area contributed by atoms with Gasteiger partial charge in [0.05, 0.1) is 23.8 Å². The van der Waals surface area contributed by atoms with Gasteiger partial charge in [0.25, 0.3) is 0 Å². The largest absolute Gasteiger partial charge is 0.490 e. The fourth-order valence-corrected chi connectivity index (χ4v) is 2.79. The van der Waals surface area contributed by atoms with Gasteiger partial charge in [0.15, 0.2) is 16.6 Å². The van der Waals surface area contributed by atoms with Gasteiger partial charge in [-0.05, 0) is 44.5 Å². The quantitative estimate of drug-likeness (QED) is 0.632. The molecule has 6 heteroatoms. The number of hydrazine groups is 1. The number of nitrogen functional groups attached to an aromatic ring is 1. The van der Waals surface area contributed by atoms with Crippen molar-refractivity contribution < 1.29 is 9.47 Å². The van der Waals surface area contributed by atoms with Gasteiger partial charge in [0.1, 0.15) is 0 Å². The highest BCUT2D eigenvalue weighted by molar-refractivity contribution is 7.19. The van der Waals surface area contributed by atoms with Crippen LogP contribution in [0.15, 0.2) is 18.2 Å². The number of aromatic nitrogens is 1. The molecule has 2 aromatic rings. The van der Waals surface area contributed by atoms with Crippen LogP contribution >= 0.6 is 11.3 Å². The van der Waals surface area contributed by atoms with Crippen LogP contribution in [0.2, 0.25) is 0 Å². The number of nitrogens with two attached hydrogens (primary N) is 1. The van der Waals surface area contributed by atoms with E-state index in [1.54, 1.807) is 0 Å². The minimum atomic E-state index is 0.598. The van der Waals surface area contributed by atoms with E-state index in [0.717, 1.165) is 27.6 Å². The van der Waals surface area contributed by atoms with E-state index in [2.05, 4.69) is 10.4 Å². The maximum absolute atomic E-state index is 5.64. The minimum absolute atomic E-state index is 0.598. The summed E-state index contributed by atoms with van der Waals surface area (Å²) in [6.07, 6.45) is 0. The Labute approximate surface area is 122 Å². The summed E-state index contributed by atoms with van der Waals surface area (Å²) >= 11 is 1.52. The number of thiazole rings is 1. The van der Waals surface area contributed by atoms with Gasteiger partial charge in [0.2, 0.25) is 0 Å². The highest BCUT2D eigenvalue weighted by Gasteiger charge is 2.12. The maximum Gasteiger partial charge on any atom is 0.197 e. The van der Waals surface area contributed by atoms with Crippen LogP contribution in [0, 0.1) is 6.92 Å². The Morgan fingerprint density at radius 1 is 1.20 bits per heavy atom. The van der Waals surface area contributed by atoms with Crippen molar-refractivity contribution >= 4 is 16.5 Å². The fourth-order valence-electron chi connectivity index (χ4n) is 1.92. The average molecular weight is 293 g/mol. The van der Waals surface area contributed by atoms with Gasteiger partial charge in [0, 0.05) is 0 Å². The molecule has 0 aliphatic rings. The van der Waals surface area contributed by atoms with Gasteiger partial charge in [-0.15, -0.1) is 0 Å². The molecular weight excluding hydrogens is 274 g/mol. The van der Waals surface area contributed by atoms with Gasteiger partial charge < -0.3 is 9.47 Å². The van der Waals surface area contributed by atoms with Gasteiger partial charge in [-0.1, -0.05) is 11.3 Å². The predicted octanol–water partition coefficient (Wildman–Crippen LogP) is 3.20. The third-order valence-electron chi connectivity index (χ3n) is 2.73. The SMILES string of the molecule is CCOc1ccc(-c2sc(NN)nc2C)cc1OCC. The van der Waals surface area contributed by atoms with Crippen molar-refractivity contribution in [3.05, 3.63) is 23.9 Å². The minimum Gasteiger partial charge on any atom is -0.490 e. The summed E-state index contributed by atoms with van der Waals surface area (Å²) in [6, 6.07) is 5.92. The van der Waals surface area contributed by atoms with Crippen molar-refractivity contribution in [1.82, 2.24) is 4.98 Å². The second kappa shape index (κ2) is 6.58. The summed E-state index contributed by atoms with van der Waals surface area (Å²) in [5, 5.41) is 0.698. The van der Waals surface area contributed by atoms with Crippen molar-refractivity contribution in [3.8, 4) is 21.9 Å². The van der Waals surface area contributed by atoms with Crippen molar-refractivity contribution in [2.45, 2.75) is 20.8 Å². The molecule has 0 radical (unpaired) electrons. The van der Waals surface area contributed by atoms with Gasteiger partial charge in [-0.2, -0.15) is 0 Å². The number of nitrogens with one attached hydrogen (secondary N) is 1. The van der Waals surface area contributed by atoms with Crippen LogP contribution < -0.4 is 20.7 Å². The third kappa shape index (κ3) is 3.02. The summed E-state index contributed by atoms with van der Waals surface area (Å²) in [5.74, 6) is 6.92. The molecule has 0 amide bonds. The molecule has 1 aromatic carbocycles.